The molecule has 1 aromatic heterocycles. The maximum Gasteiger partial charge on any atom is 0.240 e. The molecule has 1 heterocycles. The summed E-state index contributed by atoms with van der Waals surface area (Å²) >= 11 is 0. The monoisotopic (exact) mass is 303 g/mol. The highest BCUT2D eigenvalue weighted by atomic mass is 16.5. The average Bonchev–Trinajstić information content (AvgIpc) is 2.96. The van der Waals surface area contributed by atoms with Gasteiger partial charge in [-0.15, -0.1) is 0 Å². The molecule has 0 radical (unpaired) electrons. The van der Waals surface area contributed by atoms with Crippen molar-refractivity contribution in [2.75, 3.05) is 6.61 Å². The van der Waals surface area contributed by atoms with Crippen molar-refractivity contribution >= 4 is 0 Å². The van der Waals surface area contributed by atoms with Crippen LogP contribution >= 0.6 is 0 Å². The quantitative estimate of drug-likeness (QED) is 0.746. The lowest BCUT2D eigenvalue weighted by Gasteiger charge is -2.24. The van der Waals surface area contributed by atoms with Gasteiger partial charge in [0, 0.05) is 19.2 Å². The Labute approximate surface area is 132 Å². The fourth-order valence-corrected chi connectivity index (χ4v) is 2.23. The van der Waals surface area contributed by atoms with Gasteiger partial charge in [-0.1, -0.05) is 35.5 Å². The lowest BCUT2D eigenvalue weighted by molar-refractivity contribution is 0.0683. The first-order valence-corrected chi connectivity index (χ1v) is 7.82. The van der Waals surface area contributed by atoms with Crippen LogP contribution in [0.15, 0.2) is 34.9 Å². The first-order valence-electron chi connectivity index (χ1n) is 7.82. The van der Waals surface area contributed by atoms with E-state index >= 15 is 0 Å². The Morgan fingerprint density at radius 3 is 2.50 bits per heavy atom. The highest BCUT2D eigenvalue weighted by Gasteiger charge is 2.18. The summed E-state index contributed by atoms with van der Waals surface area (Å²) in [6, 6.07) is 10.8. The molecule has 120 valence electrons. The predicted molar refractivity (Wildman–Crippen MR) is 85.2 cm³/mol. The number of hydrogen-bond donors (Lipinski definition) is 0. The third-order valence-corrected chi connectivity index (χ3v) is 3.56. The Morgan fingerprint density at radius 2 is 1.86 bits per heavy atom. The van der Waals surface area contributed by atoms with Crippen LogP contribution in [0.3, 0.4) is 0 Å². The Balaban J connectivity index is 2.02. The normalized spacial score (nSPS) is 13.0. The largest absolute Gasteiger partial charge is 0.371 e. The standard InChI is InChI=1S/C17H25N3O2/c1-5-21-14(4)17-18-16(22-19-17)12-20(13(2)3)11-15-9-7-6-8-10-15/h6-10,13-14H,5,11-12H2,1-4H3/t14-/m0/s1. The van der Waals surface area contributed by atoms with E-state index in [0.717, 1.165) is 6.54 Å². The first kappa shape index (κ1) is 16.6. The Kier molecular flexibility index (Phi) is 6.10. The summed E-state index contributed by atoms with van der Waals surface area (Å²) in [4.78, 5) is 6.75. The molecule has 0 fully saturated rings. The van der Waals surface area contributed by atoms with Gasteiger partial charge in [0.15, 0.2) is 5.82 Å². The van der Waals surface area contributed by atoms with Crippen molar-refractivity contribution < 1.29 is 9.26 Å². The molecular weight excluding hydrogens is 278 g/mol. The lowest BCUT2D eigenvalue weighted by Crippen LogP contribution is -2.30. The van der Waals surface area contributed by atoms with Crippen molar-refractivity contribution in [3.8, 4) is 0 Å². The second-order valence-corrected chi connectivity index (χ2v) is 5.63. The van der Waals surface area contributed by atoms with E-state index in [2.05, 4.69) is 53.2 Å². The summed E-state index contributed by atoms with van der Waals surface area (Å²) in [5, 5.41) is 4.02. The number of rotatable bonds is 8. The number of hydrogen-bond acceptors (Lipinski definition) is 5. The van der Waals surface area contributed by atoms with Gasteiger partial charge in [0.2, 0.25) is 5.89 Å². The van der Waals surface area contributed by atoms with Crippen molar-refractivity contribution in [3.05, 3.63) is 47.6 Å². The Morgan fingerprint density at radius 1 is 1.14 bits per heavy atom. The van der Waals surface area contributed by atoms with E-state index < -0.39 is 0 Å². The van der Waals surface area contributed by atoms with Gasteiger partial charge < -0.3 is 9.26 Å². The lowest BCUT2D eigenvalue weighted by atomic mass is 10.2. The van der Waals surface area contributed by atoms with Gasteiger partial charge >= 0.3 is 0 Å². The number of nitrogens with zero attached hydrogens (tertiary/aromatic N) is 3. The third kappa shape index (κ3) is 4.64. The molecule has 0 saturated heterocycles. The minimum atomic E-state index is -0.135. The summed E-state index contributed by atoms with van der Waals surface area (Å²) in [5.41, 5.74) is 1.28. The van der Waals surface area contributed by atoms with E-state index in [9.17, 15) is 0 Å². The number of ether oxygens (including phenoxy) is 1. The second-order valence-electron chi connectivity index (χ2n) is 5.63. The van der Waals surface area contributed by atoms with Crippen LogP contribution in [-0.2, 0) is 17.8 Å². The zero-order valence-corrected chi connectivity index (χ0v) is 13.8. The summed E-state index contributed by atoms with van der Waals surface area (Å²) < 4.78 is 10.9. The van der Waals surface area contributed by atoms with Gasteiger partial charge in [-0.3, -0.25) is 4.90 Å². The molecule has 1 atom stereocenters. The van der Waals surface area contributed by atoms with E-state index in [-0.39, 0.29) is 6.10 Å². The molecule has 0 aliphatic heterocycles. The molecule has 5 nitrogen and oxygen atoms in total. The molecule has 2 rings (SSSR count). The molecule has 0 amide bonds. The van der Waals surface area contributed by atoms with E-state index in [4.69, 9.17) is 9.26 Å². The van der Waals surface area contributed by atoms with Crippen LogP contribution in [0.4, 0.5) is 0 Å². The van der Waals surface area contributed by atoms with E-state index in [1.54, 1.807) is 0 Å². The summed E-state index contributed by atoms with van der Waals surface area (Å²) in [6.45, 7) is 10.4. The fraction of sp³-hybridized carbons (Fsp3) is 0.529. The molecule has 22 heavy (non-hydrogen) atoms. The van der Waals surface area contributed by atoms with Gasteiger partial charge in [0.1, 0.15) is 6.10 Å². The zero-order valence-electron chi connectivity index (χ0n) is 13.8. The molecule has 1 aromatic carbocycles. The highest BCUT2D eigenvalue weighted by molar-refractivity contribution is 5.14. The van der Waals surface area contributed by atoms with Gasteiger partial charge in [0.05, 0.1) is 6.54 Å². The van der Waals surface area contributed by atoms with Crippen LogP contribution in [0.1, 0.15) is 51.1 Å². The zero-order chi connectivity index (χ0) is 15.9. The minimum absolute atomic E-state index is 0.135. The molecule has 2 aromatic rings. The van der Waals surface area contributed by atoms with Crippen LogP contribution in [0.25, 0.3) is 0 Å². The Bertz CT molecular complexity index is 554. The minimum Gasteiger partial charge on any atom is -0.371 e. The SMILES string of the molecule is CCO[C@@H](C)c1noc(CN(Cc2ccccc2)C(C)C)n1. The van der Waals surface area contributed by atoms with Crippen molar-refractivity contribution in [2.45, 2.75) is 52.9 Å². The van der Waals surface area contributed by atoms with Gasteiger partial charge in [-0.25, -0.2) is 0 Å². The van der Waals surface area contributed by atoms with Crippen LogP contribution in [0.5, 0.6) is 0 Å². The number of aromatic nitrogens is 2. The van der Waals surface area contributed by atoms with E-state index in [1.165, 1.54) is 5.56 Å². The van der Waals surface area contributed by atoms with Crippen LogP contribution < -0.4 is 0 Å². The topological polar surface area (TPSA) is 51.4 Å². The summed E-state index contributed by atoms with van der Waals surface area (Å²) in [5.74, 6) is 1.24. The van der Waals surface area contributed by atoms with Gasteiger partial charge in [-0.05, 0) is 33.3 Å². The first-order chi connectivity index (χ1) is 10.6. The van der Waals surface area contributed by atoms with Gasteiger partial charge in [-0.2, -0.15) is 4.98 Å². The third-order valence-electron chi connectivity index (χ3n) is 3.56. The van der Waals surface area contributed by atoms with Crippen LogP contribution in [0, 0.1) is 0 Å². The molecule has 0 unspecified atom stereocenters. The molecule has 0 aliphatic rings. The molecule has 0 saturated carbocycles. The summed E-state index contributed by atoms with van der Waals surface area (Å²) in [6.07, 6.45) is -0.135. The average molecular weight is 303 g/mol. The van der Waals surface area contributed by atoms with E-state index in [0.29, 0.717) is 30.9 Å². The van der Waals surface area contributed by atoms with Crippen molar-refractivity contribution in [1.29, 1.82) is 0 Å². The molecular formula is C17H25N3O2. The highest BCUT2D eigenvalue weighted by Crippen LogP contribution is 2.16. The molecule has 5 heteroatoms. The maximum absolute atomic E-state index is 5.49. The van der Waals surface area contributed by atoms with Crippen molar-refractivity contribution in [1.82, 2.24) is 15.0 Å². The molecule has 0 aliphatic carbocycles. The van der Waals surface area contributed by atoms with Gasteiger partial charge in [0.25, 0.3) is 0 Å². The summed E-state index contributed by atoms with van der Waals surface area (Å²) in [7, 11) is 0. The predicted octanol–water partition coefficient (Wildman–Crippen LogP) is 3.58. The van der Waals surface area contributed by atoms with Crippen molar-refractivity contribution in [3.63, 3.8) is 0 Å². The smallest absolute Gasteiger partial charge is 0.240 e. The van der Waals surface area contributed by atoms with Crippen molar-refractivity contribution in [2.24, 2.45) is 0 Å². The fourth-order valence-electron chi connectivity index (χ4n) is 2.23. The maximum atomic E-state index is 5.49. The molecule has 0 bridgehead atoms. The van der Waals surface area contributed by atoms with Crippen LogP contribution in [-0.4, -0.2) is 27.7 Å². The molecule has 0 spiro atoms. The molecule has 0 N–H and O–H groups in total. The van der Waals surface area contributed by atoms with Crippen LogP contribution in [0.2, 0.25) is 0 Å². The number of benzene rings is 1. The van der Waals surface area contributed by atoms with E-state index in [1.807, 2.05) is 19.9 Å². The Hall–Kier alpha value is -1.72. The second kappa shape index (κ2) is 8.06.